The lowest BCUT2D eigenvalue weighted by Gasteiger charge is -2.35. The summed E-state index contributed by atoms with van der Waals surface area (Å²) < 4.78 is 39.3. The topological polar surface area (TPSA) is 15.3 Å². The molecule has 1 atom stereocenters. The van der Waals surface area contributed by atoms with E-state index in [-0.39, 0.29) is 23.5 Å². The van der Waals surface area contributed by atoms with Crippen molar-refractivity contribution in [1.29, 1.82) is 0 Å². The number of rotatable bonds is 3. The molecular formula is C16H17Cl2F3N2S. The van der Waals surface area contributed by atoms with E-state index in [9.17, 15) is 13.2 Å². The zero-order chi connectivity index (χ0) is 16.4. The van der Waals surface area contributed by atoms with Crippen LogP contribution in [0.1, 0.15) is 22.0 Å². The Morgan fingerprint density at radius 3 is 2.46 bits per heavy atom. The van der Waals surface area contributed by atoms with E-state index in [1.165, 1.54) is 6.07 Å². The highest BCUT2D eigenvalue weighted by Gasteiger charge is 2.33. The summed E-state index contributed by atoms with van der Waals surface area (Å²) in [6, 6.07) is 7.53. The van der Waals surface area contributed by atoms with Gasteiger partial charge in [0.15, 0.2) is 0 Å². The maximum Gasteiger partial charge on any atom is 0.416 e. The molecule has 1 N–H and O–H groups in total. The molecule has 0 unspecified atom stereocenters. The second kappa shape index (κ2) is 8.06. The van der Waals surface area contributed by atoms with Crippen LogP contribution in [0.5, 0.6) is 0 Å². The standard InChI is InChI=1S/C16H16ClF3N2S.ClH/c17-13-9-11(8-12(10-13)16(18,19)20)15(14-2-1-7-23-14)22-5-3-21-4-6-22;/h1-2,7-10,15,21H,3-6H2;1H/t15-;/m1./s1. The Labute approximate surface area is 154 Å². The summed E-state index contributed by atoms with van der Waals surface area (Å²) in [6.07, 6.45) is -4.40. The van der Waals surface area contributed by atoms with E-state index in [1.807, 2.05) is 17.5 Å². The van der Waals surface area contributed by atoms with Crippen molar-refractivity contribution in [3.8, 4) is 0 Å². The second-order valence-corrected chi connectivity index (χ2v) is 6.89. The van der Waals surface area contributed by atoms with Crippen molar-refractivity contribution in [2.45, 2.75) is 12.2 Å². The molecule has 1 aromatic heterocycles. The first-order valence-corrected chi connectivity index (χ1v) is 8.57. The number of benzene rings is 1. The van der Waals surface area contributed by atoms with Gasteiger partial charge < -0.3 is 5.32 Å². The smallest absolute Gasteiger partial charge is 0.314 e. The van der Waals surface area contributed by atoms with E-state index in [0.29, 0.717) is 5.56 Å². The molecule has 132 valence electrons. The third-order valence-corrected chi connectivity index (χ3v) is 5.04. The molecule has 3 rings (SSSR count). The van der Waals surface area contributed by atoms with Crippen molar-refractivity contribution < 1.29 is 13.2 Å². The van der Waals surface area contributed by atoms with Gasteiger partial charge in [-0.1, -0.05) is 17.7 Å². The monoisotopic (exact) mass is 396 g/mol. The molecule has 1 saturated heterocycles. The van der Waals surface area contributed by atoms with Gasteiger partial charge >= 0.3 is 6.18 Å². The summed E-state index contributed by atoms with van der Waals surface area (Å²) in [4.78, 5) is 3.23. The fourth-order valence-corrected chi connectivity index (χ4v) is 4.01. The zero-order valence-corrected chi connectivity index (χ0v) is 15.0. The Hall–Kier alpha value is -0.790. The number of alkyl halides is 3. The van der Waals surface area contributed by atoms with Gasteiger partial charge in [0.1, 0.15) is 0 Å². The summed E-state index contributed by atoms with van der Waals surface area (Å²) >= 11 is 7.53. The van der Waals surface area contributed by atoms with Gasteiger partial charge in [0, 0.05) is 36.1 Å². The molecule has 1 fully saturated rings. The van der Waals surface area contributed by atoms with Crippen LogP contribution >= 0.6 is 35.3 Å². The average molecular weight is 397 g/mol. The lowest BCUT2D eigenvalue weighted by Crippen LogP contribution is -2.45. The lowest BCUT2D eigenvalue weighted by molar-refractivity contribution is -0.137. The molecule has 1 aromatic carbocycles. The predicted molar refractivity (Wildman–Crippen MR) is 94.3 cm³/mol. The molecular weight excluding hydrogens is 380 g/mol. The quantitative estimate of drug-likeness (QED) is 0.798. The zero-order valence-electron chi connectivity index (χ0n) is 12.6. The van der Waals surface area contributed by atoms with Crippen LogP contribution in [0.15, 0.2) is 35.7 Å². The molecule has 24 heavy (non-hydrogen) atoms. The van der Waals surface area contributed by atoms with Crippen LogP contribution in [0.4, 0.5) is 13.2 Å². The molecule has 2 aromatic rings. The van der Waals surface area contributed by atoms with Crippen molar-refractivity contribution in [2.75, 3.05) is 26.2 Å². The van der Waals surface area contributed by atoms with Crippen molar-refractivity contribution in [3.63, 3.8) is 0 Å². The Morgan fingerprint density at radius 1 is 1.17 bits per heavy atom. The van der Waals surface area contributed by atoms with E-state index in [4.69, 9.17) is 11.6 Å². The molecule has 0 amide bonds. The molecule has 0 bridgehead atoms. The van der Waals surface area contributed by atoms with Gasteiger partial charge in [-0.2, -0.15) is 13.2 Å². The SMILES string of the molecule is Cl.FC(F)(F)c1cc(Cl)cc([C@H](c2cccs2)N2CCNCC2)c1. The van der Waals surface area contributed by atoms with Gasteiger partial charge in [-0.15, -0.1) is 23.7 Å². The van der Waals surface area contributed by atoms with E-state index in [2.05, 4.69) is 10.2 Å². The highest BCUT2D eigenvalue weighted by molar-refractivity contribution is 7.10. The Bertz CT molecular complexity index is 656. The summed E-state index contributed by atoms with van der Waals surface area (Å²) in [6.45, 7) is 3.23. The Kier molecular flexibility index (Phi) is 6.56. The molecule has 0 saturated carbocycles. The summed E-state index contributed by atoms with van der Waals surface area (Å²) in [5, 5.41) is 5.33. The number of hydrogen-bond acceptors (Lipinski definition) is 3. The minimum absolute atomic E-state index is 0. The van der Waals surface area contributed by atoms with Crippen LogP contribution in [0.2, 0.25) is 5.02 Å². The van der Waals surface area contributed by atoms with Gasteiger partial charge in [-0.3, -0.25) is 4.90 Å². The molecule has 8 heteroatoms. The van der Waals surface area contributed by atoms with Gasteiger partial charge in [-0.25, -0.2) is 0 Å². The molecule has 1 aliphatic heterocycles. The van der Waals surface area contributed by atoms with Crippen LogP contribution < -0.4 is 5.32 Å². The maximum atomic E-state index is 13.1. The third kappa shape index (κ3) is 4.43. The minimum Gasteiger partial charge on any atom is -0.314 e. The first-order chi connectivity index (χ1) is 10.9. The average Bonchev–Trinajstić information content (AvgIpc) is 3.01. The van der Waals surface area contributed by atoms with Crippen molar-refractivity contribution in [3.05, 3.63) is 56.7 Å². The highest BCUT2D eigenvalue weighted by Crippen LogP contribution is 2.37. The summed E-state index contributed by atoms with van der Waals surface area (Å²) in [5.74, 6) is 0. The minimum atomic E-state index is -4.40. The van der Waals surface area contributed by atoms with Gasteiger partial charge in [0.25, 0.3) is 0 Å². The van der Waals surface area contributed by atoms with E-state index in [0.717, 1.165) is 37.1 Å². The Morgan fingerprint density at radius 2 is 1.88 bits per heavy atom. The fourth-order valence-electron chi connectivity index (χ4n) is 2.88. The third-order valence-electron chi connectivity index (χ3n) is 3.89. The number of hydrogen-bond donors (Lipinski definition) is 1. The van der Waals surface area contributed by atoms with Gasteiger partial charge in [-0.05, 0) is 35.2 Å². The van der Waals surface area contributed by atoms with E-state index < -0.39 is 11.7 Å². The van der Waals surface area contributed by atoms with Crippen LogP contribution in [0.3, 0.4) is 0 Å². The Balaban J connectivity index is 0.00000208. The molecule has 0 aliphatic carbocycles. The normalized spacial score (nSPS) is 17.3. The highest BCUT2D eigenvalue weighted by atomic mass is 35.5. The fraction of sp³-hybridized carbons (Fsp3) is 0.375. The molecule has 2 heterocycles. The van der Waals surface area contributed by atoms with Crippen LogP contribution in [-0.2, 0) is 6.18 Å². The van der Waals surface area contributed by atoms with Crippen LogP contribution in [0.25, 0.3) is 0 Å². The number of piperazine rings is 1. The van der Waals surface area contributed by atoms with E-state index >= 15 is 0 Å². The number of thiophene rings is 1. The van der Waals surface area contributed by atoms with Gasteiger partial charge in [0.05, 0.1) is 11.6 Å². The largest absolute Gasteiger partial charge is 0.416 e. The summed E-state index contributed by atoms with van der Waals surface area (Å²) in [7, 11) is 0. The predicted octanol–water partition coefficient (Wildman–Crippen LogP) is 4.84. The number of nitrogens with zero attached hydrogens (tertiary/aromatic N) is 1. The van der Waals surface area contributed by atoms with Crippen LogP contribution in [0, 0.1) is 0 Å². The first-order valence-electron chi connectivity index (χ1n) is 7.31. The summed E-state index contributed by atoms with van der Waals surface area (Å²) in [5.41, 5.74) is -0.106. The van der Waals surface area contributed by atoms with Crippen LogP contribution in [-0.4, -0.2) is 31.1 Å². The van der Waals surface area contributed by atoms with Crippen molar-refractivity contribution in [2.24, 2.45) is 0 Å². The van der Waals surface area contributed by atoms with Gasteiger partial charge in [0.2, 0.25) is 0 Å². The number of halogens is 5. The number of nitrogens with one attached hydrogen (secondary N) is 1. The maximum absolute atomic E-state index is 13.1. The second-order valence-electron chi connectivity index (χ2n) is 5.47. The first kappa shape index (κ1) is 19.5. The van der Waals surface area contributed by atoms with E-state index in [1.54, 1.807) is 17.4 Å². The molecule has 0 spiro atoms. The molecule has 2 nitrogen and oxygen atoms in total. The lowest BCUT2D eigenvalue weighted by atomic mass is 10.00. The van der Waals surface area contributed by atoms with Crippen molar-refractivity contribution >= 4 is 35.3 Å². The van der Waals surface area contributed by atoms with Crippen molar-refractivity contribution in [1.82, 2.24) is 10.2 Å². The molecule has 0 radical (unpaired) electrons. The molecule has 1 aliphatic rings.